The Kier molecular flexibility index (Phi) is 3.57. The van der Waals surface area contributed by atoms with Crippen molar-refractivity contribution < 1.29 is 0 Å². The number of aromatic nitrogens is 2. The molecule has 0 bridgehead atoms. The van der Waals surface area contributed by atoms with Gasteiger partial charge in [0.05, 0.1) is 11.4 Å². The van der Waals surface area contributed by atoms with Gasteiger partial charge in [-0.1, -0.05) is 35.9 Å². The van der Waals surface area contributed by atoms with E-state index < -0.39 is 0 Å². The van der Waals surface area contributed by atoms with E-state index in [1.54, 1.807) is 0 Å². The summed E-state index contributed by atoms with van der Waals surface area (Å²) in [5.41, 5.74) is 8.28. The number of azo groups is 1. The maximum Gasteiger partial charge on any atom is 0.294 e. The molecule has 6 nitrogen and oxygen atoms in total. The molecule has 110 valence electrons. The van der Waals surface area contributed by atoms with Gasteiger partial charge in [0.2, 0.25) is 0 Å². The second-order valence-corrected chi connectivity index (χ2v) is 4.88. The number of benzene rings is 2. The van der Waals surface area contributed by atoms with E-state index in [1.807, 2.05) is 61.5 Å². The number of aromatic amines is 1. The van der Waals surface area contributed by atoms with Gasteiger partial charge in [0.25, 0.3) is 5.56 Å². The summed E-state index contributed by atoms with van der Waals surface area (Å²) in [5, 5.41) is 10.7. The van der Waals surface area contributed by atoms with Crippen LogP contribution in [0.15, 0.2) is 69.6 Å². The van der Waals surface area contributed by atoms with E-state index in [0.29, 0.717) is 5.69 Å². The Bertz CT molecular complexity index is 860. The van der Waals surface area contributed by atoms with Crippen molar-refractivity contribution in [3.05, 3.63) is 70.5 Å². The lowest BCUT2D eigenvalue weighted by Crippen LogP contribution is -2.04. The molecule has 0 amide bonds. The summed E-state index contributed by atoms with van der Waals surface area (Å²) in [6.45, 7) is 1.99. The lowest BCUT2D eigenvalue weighted by Gasteiger charge is -2.03. The normalized spacial score (nSPS) is 11.1. The smallest absolute Gasteiger partial charge is 0.294 e. The highest BCUT2D eigenvalue weighted by molar-refractivity contribution is 5.60. The van der Waals surface area contributed by atoms with Crippen molar-refractivity contribution >= 4 is 17.2 Å². The molecule has 0 saturated heterocycles. The van der Waals surface area contributed by atoms with E-state index in [9.17, 15) is 4.79 Å². The predicted octanol–water partition coefficient (Wildman–Crippen LogP) is 3.47. The number of hydrogen-bond donors (Lipinski definition) is 2. The third kappa shape index (κ3) is 2.67. The average molecular weight is 293 g/mol. The molecule has 3 aromatic rings. The molecule has 3 N–H and O–H groups in total. The topological polar surface area (TPSA) is 88.5 Å². The van der Waals surface area contributed by atoms with E-state index in [4.69, 9.17) is 5.73 Å². The second kappa shape index (κ2) is 5.69. The Balaban J connectivity index is 1.97. The van der Waals surface area contributed by atoms with Crippen LogP contribution < -0.4 is 11.3 Å². The van der Waals surface area contributed by atoms with Gasteiger partial charge in [-0.15, -0.1) is 5.11 Å². The van der Waals surface area contributed by atoms with Gasteiger partial charge in [0.1, 0.15) is 0 Å². The monoisotopic (exact) mass is 293 g/mol. The minimum atomic E-state index is -0.378. The van der Waals surface area contributed by atoms with Crippen molar-refractivity contribution in [3.8, 4) is 5.69 Å². The molecule has 22 heavy (non-hydrogen) atoms. The molecule has 0 atom stereocenters. The number of nitrogens with one attached hydrogen (secondary N) is 1. The van der Waals surface area contributed by atoms with Crippen LogP contribution in [0.4, 0.5) is 17.2 Å². The molecule has 0 aliphatic rings. The molecule has 0 aliphatic heterocycles. The number of hydrogen-bond acceptors (Lipinski definition) is 4. The fourth-order valence-corrected chi connectivity index (χ4v) is 2.03. The summed E-state index contributed by atoms with van der Waals surface area (Å²) in [6.07, 6.45) is 0. The van der Waals surface area contributed by atoms with Gasteiger partial charge in [-0.2, -0.15) is 5.11 Å². The van der Waals surface area contributed by atoms with Crippen LogP contribution in [0.2, 0.25) is 0 Å². The number of rotatable bonds is 3. The summed E-state index contributed by atoms with van der Waals surface area (Å²) in [6, 6.07) is 16.8. The minimum absolute atomic E-state index is 0.101. The molecule has 0 radical (unpaired) electrons. The van der Waals surface area contributed by atoms with Crippen LogP contribution in [0.25, 0.3) is 5.69 Å². The third-order valence-electron chi connectivity index (χ3n) is 3.23. The summed E-state index contributed by atoms with van der Waals surface area (Å²) in [7, 11) is 0. The SMILES string of the molecule is Cc1ccc(N=Nc2c(N)n(-c3ccccc3)[nH]c2=O)cc1. The lowest BCUT2D eigenvalue weighted by atomic mass is 10.2. The number of anilines is 1. The van der Waals surface area contributed by atoms with E-state index >= 15 is 0 Å². The third-order valence-corrected chi connectivity index (χ3v) is 3.23. The van der Waals surface area contributed by atoms with Crippen LogP contribution in [-0.4, -0.2) is 9.78 Å². The van der Waals surface area contributed by atoms with Gasteiger partial charge >= 0.3 is 0 Å². The van der Waals surface area contributed by atoms with Gasteiger partial charge in [0.15, 0.2) is 11.5 Å². The first-order valence-corrected chi connectivity index (χ1v) is 6.79. The van der Waals surface area contributed by atoms with Crippen LogP contribution in [0, 0.1) is 6.92 Å². The zero-order chi connectivity index (χ0) is 15.5. The average Bonchev–Trinajstić information content (AvgIpc) is 2.82. The fraction of sp³-hybridized carbons (Fsp3) is 0.0625. The lowest BCUT2D eigenvalue weighted by molar-refractivity contribution is 0.874. The van der Waals surface area contributed by atoms with Crippen LogP contribution in [-0.2, 0) is 0 Å². The molecule has 0 aliphatic carbocycles. The molecule has 1 heterocycles. The molecule has 0 unspecified atom stereocenters. The van der Waals surface area contributed by atoms with Crippen molar-refractivity contribution in [2.24, 2.45) is 10.2 Å². The Labute approximate surface area is 126 Å². The van der Waals surface area contributed by atoms with Gasteiger partial charge < -0.3 is 5.73 Å². The van der Waals surface area contributed by atoms with Crippen molar-refractivity contribution in [3.63, 3.8) is 0 Å². The summed E-state index contributed by atoms with van der Waals surface area (Å²) in [4.78, 5) is 12.0. The maximum atomic E-state index is 12.0. The van der Waals surface area contributed by atoms with Crippen LogP contribution in [0.1, 0.15) is 5.56 Å². The maximum absolute atomic E-state index is 12.0. The summed E-state index contributed by atoms with van der Waals surface area (Å²) in [5.74, 6) is 0.229. The zero-order valence-corrected chi connectivity index (χ0v) is 12.0. The Morgan fingerprint density at radius 1 is 1.00 bits per heavy atom. The first kappa shape index (κ1) is 13.8. The van der Waals surface area contributed by atoms with Crippen LogP contribution >= 0.6 is 0 Å². The molecular weight excluding hydrogens is 278 g/mol. The number of nitrogen functional groups attached to an aromatic ring is 1. The van der Waals surface area contributed by atoms with Gasteiger partial charge in [0, 0.05) is 0 Å². The molecule has 1 aromatic heterocycles. The Morgan fingerprint density at radius 2 is 1.68 bits per heavy atom. The number of H-pyrrole nitrogens is 1. The van der Waals surface area contributed by atoms with Crippen molar-refractivity contribution in [2.45, 2.75) is 6.92 Å². The van der Waals surface area contributed by atoms with Crippen LogP contribution in [0.5, 0.6) is 0 Å². The standard InChI is InChI=1S/C16H15N5O/c1-11-7-9-12(10-8-11)18-19-14-15(17)21(20-16(14)22)13-5-3-2-4-6-13/h2-10H,17H2,1H3,(H,20,22). The predicted molar refractivity (Wildman–Crippen MR) is 86.2 cm³/mol. The highest BCUT2D eigenvalue weighted by Crippen LogP contribution is 2.23. The number of para-hydroxylation sites is 1. The first-order chi connectivity index (χ1) is 10.6. The molecule has 6 heteroatoms. The second-order valence-electron chi connectivity index (χ2n) is 4.88. The van der Waals surface area contributed by atoms with Crippen molar-refractivity contribution in [1.29, 1.82) is 0 Å². The Morgan fingerprint density at radius 3 is 2.36 bits per heavy atom. The molecule has 2 aromatic carbocycles. The molecule has 0 fully saturated rings. The van der Waals surface area contributed by atoms with Gasteiger partial charge in [-0.05, 0) is 31.2 Å². The highest BCUT2D eigenvalue weighted by Gasteiger charge is 2.12. The molecule has 3 rings (SSSR count). The van der Waals surface area contributed by atoms with E-state index in [1.165, 1.54) is 4.68 Å². The molecule has 0 saturated carbocycles. The van der Waals surface area contributed by atoms with Crippen molar-refractivity contribution in [2.75, 3.05) is 5.73 Å². The van der Waals surface area contributed by atoms with Gasteiger partial charge in [-0.25, -0.2) is 4.68 Å². The summed E-state index contributed by atoms with van der Waals surface area (Å²) < 4.78 is 1.49. The number of nitrogens with two attached hydrogens (primary N) is 1. The molecular formula is C16H15N5O. The van der Waals surface area contributed by atoms with Crippen LogP contribution in [0.3, 0.4) is 0 Å². The van der Waals surface area contributed by atoms with E-state index in [-0.39, 0.29) is 17.1 Å². The highest BCUT2D eigenvalue weighted by atomic mass is 16.1. The zero-order valence-electron chi connectivity index (χ0n) is 12.0. The fourth-order valence-electron chi connectivity index (χ4n) is 2.03. The van der Waals surface area contributed by atoms with E-state index in [0.717, 1.165) is 11.3 Å². The quantitative estimate of drug-likeness (QED) is 0.724. The number of nitrogens with zero attached hydrogens (tertiary/aromatic N) is 3. The Hall–Kier alpha value is -3.15. The number of aryl methyl sites for hydroxylation is 1. The molecule has 0 spiro atoms. The summed E-state index contributed by atoms with van der Waals surface area (Å²) >= 11 is 0. The first-order valence-electron chi connectivity index (χ1n) is 6.79. The minimum Gasteiger partial charge on any atom is -0.382 e. The van der Waals surface area contributed by atoms with Gasteiger partial charge in [-0.3, -0.25) is 9.89 Å². The van der Waals surface area contributed by atoms with E-state index in [2.05, 4.69) is 15.3 Å². The largest absolute Gasteiger partial charge is 0.382 e. The van der Waals surface area contributed by atoms with Crippen molar-refractivity contribution in [1.82, 2.24) is 9.78 Å².